The first-order valence-electron chi connectivity index (χ1n) is 5.17. The molecule has 4 nitrogen and oxygen atoms in total. The van der Waals surface area contributed by atoms with E-state index in [2.05, 4.69) is 5.32 Å². The summed E-state index contributed by atoms with van der Waals surface area (Å²) >= 11 is 1.41. The molecule has 0 fully saturated rings. The molecule has 3 N–H and O–H groups in total. The van der Waals surface area contributed by atoms with Gasteiger partial charge in [0, 0.05) is 22.3 Å². The molecule has 0 aliphatic rings. The molecule has 16 heavy (non-hydrogen) atoms. The zero-order chi connectivity index (χ0) is 12.2. The van der Waals surface area contributed by atoms with Gasteiger partial charge in [-0.05, 0) is 19.4 Å². The number of aliphatic hydroxyl groups excluding tert-OH is 1. The van der Waals surface area contributed by atoms with E-state index in [-0.39, 0.29) is 12.1 Å². The zero-order valence-electron chi connectivity index (χ0n) is 9.49. The van der Waals surface area contributed by atoms with Gasteiger partial charge in [-0.15, -0.1) is 11.3 Å². The lowest BCUT2D eigenvalue weighted by Gasteiger charge is -2.26. The Kier molecular flexibility index (Phi) is 4.46. The van der Waals surface area contributed by atoms with Crippen molar-refractivity contribution >= 4 is 17.3 Å². The predicted octanol–water partition coefficient (Wildman–Crippen LogP) is 1.70. The quantitative estimate of drug-likeness (QED) is 0.711. The Labute approximate surface area is 98.9 Å². The van der Waals surface area contributed by atoms with Gasteiger partial charge < -0.3 is 15.5 Å². The number of aromatic carboxylic acids is 1. The molecule has 0 aromatic carbocycles. The number of rotatable bonds is 6. The lowest BCUT2D eigenvalue weighted by atomic mass is 10.0. The third kappa shape index (κ3) is 3.30. The van der Waals surface area contributed by atoms with Crippen LogP contribution in [0.4, 0.5) is 0 Å². The standard InChI is InChI=1S/C11H17NO3S/c1-3-11(2,7-13)12-5-9-4-8(6-16-9)10(14)15/h4,6,12-13H,3,5,7H2,1-2H3,(H,14,15). The maximum atomic E-state index is 10.7. The summed E-state index contributed by atoms with van der Waals surface area (Å²) in [4.78, 5) is 11.6. The van der Waals surface area contributed by atoms with Gasteiger partial charge in [-0.1, -0.05) is 6.92 Å². The Morgan fingerprint density at radius 2 is 2.31 bits per heavy atom. The SMILES string of the molecule is CCC(C)(CO)NCc1cc(C(=O)O)cs1. The van der Waals surface area contributed by atoms with Gasteiger partial charge >= 0.3 is 5.97 Å². The summed E-state index contributed by atoms with van der Waals surface area (Å²) < 4.78 is 0. The maximum absolute atomic E-state index is 10.7. The van der Waals surface area contributed by atoms with Gasteiger partial charge in [0.25, 0.3) is 0 Å². The Morgan fingerprint density at radius 1 is 1.62 bits per heavy atom. The van der Waals surface area contributed by atoms with Crippen LogP contribution in [0.15, 0.2) is 11.4 Å². The lowest BCUT2D eigenvalue weighted by molar-refractivity contribution is 0.0697. The normalized spacial score (nSPS) is 14.7. The zero-order valence-corrected chi connectivity index (χ0v) is 10.3. The Morgan fingerprint density at radius 3 is 2.75 bits per heavy atom. The Bertz CT molecular complexity index is 358. The second-order valence-electron chi connectivity index (χ2n) is 4.03. The van der Waals surface area contributed by atoms with Gasteiger partial charge in [0.2, 0.25) is 0 Å². The summed E-state index contributed by atoms with van der Waals surface area (Å²) in [6.45, 7) is 4.60. The van der Waals surface area contributed by atoms with E-state index in [1.54, 1.807) is 11.4 Å². The van der Waals surface area contributed by atoms with Crippen LogP contribution in [0.3, 0.4) is 0 Å². The average Bonchev–Trinajstić information content (AvgIpc) is 2.75. The number of carboxylic acids is 1. The predicted molar refractivity (Wildman–Crippen MR) is 63.9 cm³/mol. The minimum Gasteiger partial charge on any atom is -0.478 e. The highest BCUT2D eigenvalue weighted by molar-refractivity contribution is 7.10. The van der Waals surface area contributed by atoms with E-state index in [0.29, 0.717) is 12.1 Å². The second kappa shape index (κ2) is 5.43. The van der Waals surface area contributed by atoms with Crippen LogP contribution >= 0.6 is 11.3 Å². The van der Waals surface area contributed by atoms with Gasteiger partial charge in [0.1, 0.15) is 0 Å². The topological polar surface area (TPSA) is 69.6 Å². The van der Waals surface area contributed by atoms with Crippen molar-refractivity contribution in [3.05, 3.63) is 21.9 Å². The van der Waals surface area contributed by atoms with Crippen LogP contribution in [-0.4, -0.2) is 28.3 Å². The number of carbonyl (C=O) groups is 1. The van der Waals surface area contributed by atoms with Crippen molar-refractivity contribution in [3.8, 4) is 0 Å². The molecule has 0 amide bonds. The van der Waals surface area contributed by atoms with E-state index < -0.39 is 5.97 Å². The first-order chi connectivity index (χ1) is 7.50. The smallest absolute Gasteiger partial charge is 0.336 e. The number of carboxylic acid groups (broad SMARTS) is 1. The summed E-state index contributed by atoms with van der Waals surface area (Å²) in [5.41, 5.74) is 0.0249. The van der Waals surface area contributed by atoms with Crippen LogP contribution in [0.2, 0.25) is 0 Å². The molecule has 0 spiro atoms. The van der Waals surface area contributed by atoms with Crippen molar-refractivity contribution < 1.29 is 15.0 Å². The van der Waals surface area contributed by atoms with E-state index in [9.17, 15) is 9.90 Å². The van der Waals surface area contributed by atoms with Crippen LogP contribution < -0.4 is 5.32 Å². The van der Waals surface area contributed by atoms with Crippen molar-refractivity contribution in [2.75, 3.05) is 6.61 Å². The van der Waals surface area contributed by atoms with Crippen LogP contribution in [-0.2, 0) is 6.54 Å². The van der Waals surface area contributed by atoms with Crippen molar-refractivity contribution in [2.24, 2.45) is 0 Å². The van der Waals surface area contributed by atoms with E-state index in [1.807, 2.05) is 13.8 Å². The minimum atomic E-state index is -0.900. The molecule has 1 atom stereocenters. The summed E-state index contributed by atoms with van der Waals surface area (Å²) in [5, 5.41) is 22.8. The number of aliphatic hydroxyl groups is 1. The van der Waals surface area contributed by atoms with E-state index in [0.717, 1.165) is 11.3 Å². The molecule has 1 aromatic rings. The number of nitrogens with one attached hydrogen (secondary N) is 1. The number of hydrogen-bond donors (Lipinski definition) is 3. The third-order valence-electron chi connectivity index (χ3n) is 2.72. The molecule has 0 aliphatic heterocycles. The first kappa shape index (κ1) is 13.2. The van der Waals surface area contributed by atoms with Gasteiger partial charge in [-0.25, -0.2) is 4.79 Å². The fraction of sp³-hybridized carbons (Fsp3) is 0.545. The molecule has 0 aliphatic carbocycles. The molecule has 5 heteroatoms. The largest absolute Gasteiger partial charge is 0.478 e. The van der Waals surface area contributed by atoms with Gasteiger partial charge in [0.15, 0.2) is 0 Å². The summed E-state index contributed by atoms with van der Waals surface area (Å²) in [6.07, 6.45) is 0.820. The van der Waals surface area contributed by atoms with Crippen molar-refractivity contribution in [1.29, 1.82) is 0 Å². The van der Waals surface area contributed by atoms with E-state index in [4.69, 9.17) is 5.11 Å². The fourth-order valence-corrected chi connectivity index (χ4v) is 1.98. The van der Waals surface area contributed by atoms with Crippen molar-refractivity contribution in [2.45, 2.75) is 32.4 Å². The molecule has 0 bridgehead atoms. The van der Waals surface area contributed by atoms with Gasteiger partial charge in [-0.2, -0.15) is 0 Å². The van der Waals surface area contributed by atoms with Gasteiger partial charge in [0.05, 0.1) is 12.2 Å². The maximum Gasteiger partial charge on any atom is 0.336 e. The van der Waals surface area contributed by atoms with Gasteiger partial charge in [-0.3, -0.25) is 0 Å². The highest BCUT2D eigenvalue weighted by Gasteiger charge is 2.20. The molecule has 0 saturated carbocycles. The molecule has 0 saturated heterocycles. The van der Waals surface area contributed by atoms with Crippen LogP contribution in [0.25, 0.3) is 0 Å². The molecule has 1 heterocycles. The number of hydrogen-bond acceptors (Lipinski definition) is 4. The average molecular weight is 243 g/mol. The van der Waals surface area contributed by atoms with Crippen LogP contribution in [0.1, 0.15) is 35.5 Å². The fourth-order valence-electron chi connectivity index (χ4n) is 1.18. The van der Waals surface area contributed by atoms with E-state index in [1.165, 1.54) is 11.3 Å². The third-order valence-corrected chi connectivity index (χ3v) is 3.66. The molecule has 1 aromatic heterocycles. The number of thiophene rings is 1. The Balaban J connectivity index is 2.57. The lowest BCUT2D eigenvalue weighted by Crippen LogP contribution is -2.44. The van der Waals surface area contributed by atoms with E-state index >= 15 is 0 Å². The summed E-state index contributed by atoms with van der Waals surface area (Å²) in [7, 11) is 0. The molecule has 0 radical (unpaired) electrons. The summed E-state index contributed by atoms with van der Waals surface area (Å²) in [5.74, 6) is -0.900. The van der Waals surface area contributed by atoms with Crippen LogP contribution in [0, 0.1) is 0 Å². The highest BCUT2D eigenvalue weighted by atomic mass is 32.1. The summed E-state index contributed by atoms with van der Waals surface area (Å²) in [6, 6.07) is 1.66. The molecule has 1 unspecified atom stereocenters. The second-order valence-corrected chi connectivity index (χ2v) is 5.03. The highest BCUT2D eigenvalue weighted by Crippen LogP contribution is 2.16. The van der Waals surface area contributed by atoms with Crippen molar-refractivity contribution in [1.82, 2.24) is 5.32 Å². The molecule has 90 valence electrons. The molecular formula is C11H17NO3S. The molecular weight excluding hydrogens is 226 g/mol. The van der Waals surface area contributed by atoms with Crippen molar-refractivity contribution in [3.63, 3.8) is 0 Å². The monoisotopic (exact) mass is 243 g/mol. The van der Waals surface area contributed by atoms with Crippen LogP contribution in [0.5, 0.6) is 0 Å². The minimum absolute atomic E-state index is 0.0701. The first-order valence-corrected chi connectivity index (χ1v) is 6.05. The molecule has 1 rings (SSSR count). The Hall–Kier alpha value is -0.910.